The van der Waals surface area contributed by atoms with Crippen molar-refractivity contribution in [3.63, 3.8) is 0 Å². The molecular weight excluding hydrogens is 300 g/mol. The molecule has 0 saturated carbocycles. The molecule has 22 heavy (non-hydrogen) atoms. The van der Waals surface area contributed by atoms with Gasteiger partial charge >= 0.3 is 0 Å². The van der Waals surface area contributed by atoms with Crippen molar-refractivity contribution in [2.75, 3.05) is 20.1 Å². The van der Waals surface area contributed by atoms with Crippen LogP contribution in [0.1, 0.15) is 18.1 Å². The zero-order chi connectivity index (χ0) is 16.4. The van der Waals surface area contributed by atoms with Gasteiger partial charge in [0.25, 0.3) is 0 Å². The van der Waals surface area contributed by atoms with Crippen molar-refractivity contribution in [2.24, 2.45) is 4.99 Å². The molecular formula is C15H24N4O2S. The highest BCUT2D eigenvalue weighted by Gasteiger charge is 2.08. The second kappa shape index (κ2) is 9.22. The minimum Gasteiger partial charge on any atom is -0.357 e. The Kier molecular flexibility index (Phi) is 7.62. The number of hydrogen-bond acceptors (Lipinski definition) is 3. The molecule has 0 radical (unpaired) electrons. The molecule has 0 fully saturated rings. The maximum atomic E-state index is 11.5. The molecule has 0 saturated heterocycles. The largest absolute Gasteiger partial charge is 0.357 e. The van der Waals surface area contributed by atoms with E-state index in [4.69, 9.17) is 0 Å². The molecule has 122 valence electrons. The number of sulfonamides is 1. The molecule has 1 rings (SSSR count). The summed E-state index contributed by atoms with van der Waals surface area (Å²) in [5.41, 5.74) is 1.76. The van der Waals surface area contributed by atoms with Gasteiger partial charge in [-0.3, -0.25) is 0 Å². The highest BCUT2D eigenvalue weighted by atomic mass is 32.2. The third-order valence-electron chi connectivity index (χ3n) is 2.87. The Morgan fingerprint density at radius 2 is 1.86 bits per heavy atom. The normalized spacial score (nSPS) is 12.0. The van der Waals surface area contributed by atoms with Gasteiger partial charge < -0.3 is 10.6 Å². The van der Waals surface area contributed by atoms with Crippen molar-refractivity contribution >= 4 is 16.0 Å². The predicted molar refractivity (Wildman–Crippen MR) is 91.1 cm³/mol. The van der Waals surface area contributed by atoms with Gasteiger partial charge in [-0.25, -0.2) is 18.1 Å². The van der Waals surface area contributed by atoms with Gasteiger partial charge in [0.15, 0.2) is 5.96 Å². The van der Waals surface area contributed by atoms with Gasteiger partial charge in [-0.1, -0.05) is 30.3 Å². The summed E-state index contributed by atoms with van der Waals surface area (Å²) in [5.74, 6) is 0.709. The van der Waals surface area contributed by atoms with Crippen molar-refractivity contribution in [3.05, 3.63) is 48.0 Å². The number of rotatable bonds is 8. The summed E-state index contributed by atoms with van der Waals surface area (Å²) in [6.07, 6.45) is 1.77. The van der Waals surface area contributed by atoms with E-state index in [0.717, 1.165) is 23.6 Å². The van der Waals surface area contributed by atoms with Gasteiger partial charge in [0.1, 0.15) is 0 Å². The van der Waals surface area contributed by atoms with Gasteiger partial charge in [-0.2, -0.15) is 0 Å². The number of nitrogens with zero attached hydrogens (tertiary/aromatic N) is 1. The van der Waals surface area contributed by atoms with E-state index in [1.165, 1.54) is 7.05 Å². The van der Waals surface area contributed by atoms with Crippen LogP contribution < -0.4 is 15.4 Å². The first kappa shape index (κ1) is 18.2. The van der Waals surface area contributed by atoms with E-state index in [9.17, 15) is 8.42 Å². The molecule has 0 aliphatic rings. The van der Waals surface area contributed by atoms with E-state index in [1.54, 1.807) is 6.08 Å². The van der Waals surface area contributed by atoms with Crippen LogP contribution in [0.15, 0.2) is 41.9 Å². The van der Waals surface area contributed by atoms with E-state index in [-0.39, 0.29) is 5.75 Å². The molecule has 0 atom stereocenters. The highest BCUT2D eigenvalue weighted by Crippen LogP contribution is 2.08. The smallest absolute Gasteiger partial charge is 0.215 e. The second-order valence-electron chi connectivity index (χ2n) is 4.64. The quantitative estimate of drug-likeness (QED) is 0.378. The Bertz CT molecular complexity index is 594. The Morgan fingerprint density at radius 3 is 2.41 bits per heavy atom. The molecule has 0 heterocycles. The number of hydrogen-bond donors (Lipinski definition) is 3. The molecule has 0 aliphatic carbocycles. The third kappa shape index (κ3) is 6.73. The minimum atomic E-state index is -3.24. The average molecular weight is 324 g/mol. The summed E-state index contributed by atoms with van der Waals surface area (Å²) in [6.45, 7) is 7.61. The van der Waals surface area contributed by atoms with Gasteiger partial charge in [-0.15, -0.1) is 6.58 Å². The van der Waals surface area contributed by atoms with Crippen LogP contribution in [0.25, 0.3) is 0 Å². The average Bonchev–Trinajstić information content (AvgIpc) is 2.51. The molecule has 3 N–H and O–H groups in total. The van der Waals surface area contributed by atoms with E-state index in [0.29, 0.717) is 13.1 Å². The summed E-state index contributed by atoms with van der Waals surface area (Å²) in [7, 11) is -1.82. The van der Waals surface area contributed by atoms with Crippen LogP contribution in [-0.4, -0.2) is 34.5 Å². The molecule has 0 amide bonds. The van der Waals surface area contributed by atoms with E-state index in [2.05, 4.69) is 26.9 Å². The zero-order valence-electron chi connectivity index (χ0n) is 13.1. The maximum absolute atomic E-state index is 11.5. The molecule has 0 aromatic heterocycles. The van der Waals surface area contributed by atoms with Crippen LogP contribution in [0.5, 0.6) is 0 Å². The van der Waals surface area contributed by atoms with Crippen LogP contribution in [0.2, 0.25) is 0 Å². The summed E-state index contributed by atoms with van der Waals surface area (Å²) in [6, 6.07) is 7.40. The molecule has 0 aliphatic heterocycles. The topological polar surface area (TPSA) is 82.6 Å². The molecule has 1 aromatic carbocycles. The first-order valence-electron chi connectivity index (χ1n) is 7.13. The molecule has 7 heteroatoms. The van der Waals surface area contributed by atoms with Crippen molar-refractivity contribution < 1.29 is 8.42 Å². The molecule has 0 unspecified atom stereocenters. The van der Waals surface area contributed by atoms with Crippen LogP contribution in [0, 0.1) is 0 Å². The van der Waals surface area contributed by atoms with Crippen molar-refractivity contribution in [3.8, 4) is 0 Å². The second-order valence-corrected chi connectivity index (χ2v) is 6.57. The standard InChI is InChI=1S/C15H24N4O2S/c1-4-10-18-15(17-5-2)19-11-13-6-8-14(9-7-13)12-22(20,21)16-3/h4,6-9,16H,1,5,10-12H2,2-3H3,(H2,17,18,19). The van der Waals surface area contributed by atoms with E-state index < -0.39 is 10.0 Å². The van der Waals surface area contributed by atoms with Gasteiger partial charge in [0.05, 0.1) is 12.3 Å². The number of aliphatic imine (C=N–C) groups is 1. The molecule has 0 bridgehead atoms. The number of benzene rings is 1. The van der Waals surface area contributed by atoms with Gasteiger partial charge in [0, 0.05) is 13.1 Å². The van der Waals surface area contributed by atoms with E-state index >= 15 is 0 Å². The predicted octanol–water partition coefficient (Wildman–Crippen LogP) is 0.977. The van der Waals surface area contributed by atoms with Gasteiger partial charge in [0.2, 0.25) is 10.0 Å². The monoisotopic (exact) mass is 324 g/mol. The zero-order valence-corrected chi connectivity index (χ0v) is 13.9. The highest BCUT2D eigenvalue weighted by molar-refractivity contribution is 7.88. The first-order valence-corrected chi connectivity index (χ1v) is 8.78. The first-order chi connectivity index (χ1) is 10.5. The minimum absolute atomic E-state index is 0.0173. The SMILES string of the molecule is C=CCNC(=NCc1ccc(CS(=O)(=O)NC)cc1)NCC. The number of guanidine groups is 1. The van der Waals surface area contributed by atoms with Crippen molar-refractivity contribution in [1.29, 1.82) is 0 Å². The maximum Gasteiger partial charge on any atom is 0.215 e. The fourth-order valence-electron chi connectivity index (χ4n) is 1.71. The Hall–Kier alpha value is -1.86. The third-order valence-corrected chi connectivity index (χ3v) is 4.20. The molecule has 1 aromatic rings. The lowest BCUT2D eigenvalue weighted by Gasteiger charge is -2.09. The van der Waals surface area contributed by atoms with Gasteiger partial charge in [-0.05, 0) is 25.1 Å². The molecule has 6 nitrogen and oxygen atoms in total. The van der Waals surface area contributed by atoms with Crippen molar-refractivity contribution in [2.45, 2.75) is 19.2 Å². The fraction of sp³-hybridized carbons (Fsp3) is 0.400. The Balaban J connectivity index is 2.68. The van der Waals surface area contributed by atoms with Crippen LogP contribution in [-0.2, 0) is 22.3 Å². The summed E-state index contributed by atoms with van der Waals surface area (Å²) < 4.78 is 25.3. The summed E-state index contributed by atoms with van der Waals surface area (Å²) in [5, 5.41) is 6.27. The lowest BCUT2D eigenvalue weighted by molar-refractivity contribution is 0.587. The lowest BCUT2D eigenvalue weighted by atomic mass is 10.1. The lowest BCUT2D eigenvalue weighted by Crippen LogP contribution is -2.37. The molecule has 0 spiro atoms. The summed E-state index contributed by atoms with van der Waals surface area (Å²) >= 11 is 0. The Morgan fingerprint density at radius 1 is 1.23 bits per heavy atom. The Labute approximate surface area is 132 Å². The fourth-order valence-corrected chi connectivity index (χ4v) is 2.49. The number of nitrogens with one attached hydrogen (secondary N) is 3. The van der Waals surface area contributed by atoms with Crippen LogP contribution in [0.4, 0.5) is 0 Å². The summed E-state index contributed by atoms with van der Waals surface area (Å²) in [4.78, 5) is 4.46. The van der Waals surface area contributed by atoms with Crippen molar-refractivity contribution in [1.82, 2.24) is 15.4 Å². The van der Waals surface area contributed by atoms with Crippen LogP contribution >= 0.6 is 0 Å². The van der Waals surface area contributed by atoms with Crippen LogP contribution in [0.3, 0.4) is 0 Å². The van der Waals surface area contributed by atoms with E-state index in [1.807, 2.05) is 31.2 Å².